The molecule has 3 aromatic heterocycles. The standard InChI is InChI=1S/C33H28N6O2/c34-32(18-33(41,19-32)23-14-15-23)22-12-10-21(11-13-22)28-29(20-6-2-1-3-7-20)36-31-25(35-28)16-17-27-37-38-30(39(27)31)24-8-4-5-9-26(24)40/h1-13,16-17,23,40-41H,14-15,18-19,34H2/t32-,33-. The summed E-state index contributed by atoms with van der Waals surface area (Å²) in [6, 6.07) is 29.0. The summed E-state index contributed by atoms with van der Waals surface area (Å²) < 4.78 is 1.84. The normalized spacial score (nSPS) is 22.2. The van der Waals surface area contributed by atoms with Crippen LogP contribution in [0.15, 0.2) is 91.0 Å². The molecule has 2 aliphatic rings. The van der Waals surface area contributed by atoms with Crippen molar-refractivity contribution >= 4 is 16.8 Å². The summed E-state index contributed by atoms with van der Waals surface area (Å²) in [5.41, 5.74) is 12.4. The number of aromatic hydroxyl groups is 1. The first-order valence-corrected chi connectivity index (χ1v) is 13.9. The van der Waals surface area contributed by atoms with Gasteiger partial charge in [-0.25, -0.2) is 9.97 Å². The van der Waals surface area contributed by atoms with Crippen molar-refractivity contribution in [1.29, 1.82) is 0 Å². The maximum atomic E-state index is 10.9. The van der Waals surface area contributed by atoms with Crippen LogP contribution in [-0.4, -0.2) is 40.4 Å². The smallest absolute Gasteiger partial charge is 0.173 e. The molecule has 202 valence electrons. The number of phenols is 1. The van der Waals surface area contributed by atoms with Gasteiger partial charge in [0.25, 0.3) is 0 Å². The number of para-hydroxylation sites is 1. The van der Waals surface area contributed by atoms with Crippen LogP contribution in [0.25, 0.3) is 50.7 Å². The van der Waals surface area contributed by atoms with Crippen molar-refractivity contribution in [2.75, 3.05) is 0 Å². The van der Waals surface area contributed by atoms with Crippen LogP contribution < -0.4 is 5.73 Å². The molecule has 8 nitrogen and oxygen atoms in total. The van der Waals surface area contributed by atoms with Crippen LogP contribution in [0.1, 0.15) is 31.2 Å². The van der Waals surface area contributed by atoms with E-state index < -0.39 is 11.1 Å². The second kappa shape index (κ2) is 8.67. The first-order valence-electron chi connectivity index (χ1n) is 13.9. The van der Waals surface area contributed by atoms with Gasteiger partial charge in [0.15, 0.2) is 17.1 Å². The molecule has 0 atom stereocenters. The van der Waals surface area contributed by atoms with Crippen LogP contribution in [0, 0.1) is 5.92 Å². The van der Waals surface area contributed by atoms with Crippen molar-refractivity contribution < 1.29 is 10.2 Å². The zero-order valence-electron chi connectivity index (χ0n) is 22.3. The van der Waals surface area contributed by atoms with E-state index in [1.54, 1.807) is 12.1 Å². The van der Waals surface area contributed by atoms with Gasteiger partial charge in [-0.2, -0.15) is 0 Å². The number of benzene rings is 3. The predicted molar refractivity (Wildman–Crippen MR) is 157 cm³/mol. The molecule has 2 saturated carbocycles. The lowest BCUT2D eigenvalue weighted by atomic mass is 9.60. The molecule has 2 fully saturated rings. The van der Waals surface area contributed by atoms with Crippen LogP contribution in [0.3, 0.4) is 0 Å². The predicted octanol–water partition coefficient (Wildman–Crippen LogP) is 5.47. The van der Waals surface area contributed by atoms with Crippen molar-refractivity contribution in [2.24, 2.45) is 11.7 Å². The maximum absolute atomic E-state index is 10.9. The molecule has 0 radical (unpaired) electrons. The molecule has 0 saturated heterocycles. The number of nitrogens with two attached hydrogens (primary N) is 1. The number of phenolic OH excluding ortho intramolecular Hbond substituents is 1. The van der Waals surface area contributed by atoms with Crippen LogP contribution in [0.5, 0.6) is 5.75 Å². The fourth-order valence-corrected chi connectivity index (χ4v) is 6.43. The summed E-state index contributed by atoms with van der Waals surface area (Å²) in [6.45, 7) is 0. The monoisotopic (exact) mass is 540 g/mol. The Morgan fingerprint density at radius 1 is 0.756 bits per heavy atom. The molecule has 0 aliphatic heterocycles. The molecule has 0 spiro atoms. The summed E-state index contributed by atoms with van der Waals surface area (Å²) in [6.07, 6.45) is 3.40. The largest absolute Gasteiger partial charge is 0.507 e. The average Bonchev–Trinajstić information content (AvgIpc) is 3.76. The highest BCUT2D eigenvalue weighted by molar-refractivity contribution is 5.87. The topological polar surface area (TPSA) is 122 Å². The van der Waals surface area contributed by atoms with Gasteiger partial charge in [0.05, 0.1) is 22.6 Å². The van der Waals surface area contributed by atoms with Gasteiger partial charge in [-0.3, -0.25) is 4.40 Å². The van der Waals surface area contributed by atoms with Gasteiger partial charge in [-0.05, 0) is 61.4 Å². The Labute approximate surface area is 236 Å². The molecule has 0 unspecified atom stereocenters. The van der Waals surface area contributed by atoms with Gasteiger partial charge in [0, 0.05) is 16.7 Å². The number of aliphatic hydroxyl groups is 1. The molecule has 0 bridgehead atoms. The van der Waals surface area contributed by atoms with Crippen molar-refractivity contribution in [3.05, 3.63) is 96.6 Å². The summed E-state index contributed by atoms with van der Waals surface area (Å²) in [7, 11) is 0. The molecule has 3 heterocycles. The van der Waals surface area contributed by atoms with E-state index in [0.717, 1.165) is 40.9 Å². The Morgan fingerprint density at radius 2 is 1.44 bits per heavy atom. The van der Waals surface area contributed by atoms with E-state index in [1.807, 2.05) is 71.1 Å². The van der Waals surface area contributed by atoms with Gasteiger partial charge in [-0.15, -0.1) is 10.2 Å². The third-order valence-electron chi connectivity index (χ3n) is 8.70. The van der Waals surface area contributed by atoms with Crippen molar-refractivity contribution in [3.63, 3.8) is 0 Å². The van der Waals surface area contributed by atoms with E-state index in [2.05, 4.69) is 22.3 Å². The number of hydrogen-bond acceptors (Lipinski definition) is 7. The quantitative estimate of drug-likeness (QED) is 0.265. The van der Waals surface area contributed by atoms with E-state index in [0.29, 0.717) is 47.0 Å². The van der Waals surface area contributed by atoms with E-state index in [9.17, 15) is 10.2 Å². The third-order valence-corrected chi connectivity index (χ3v) is 8.70. The lowest BCUT2D eigenvalue weighted by Crippen LogP contribution is -2.60. The molecule has 8 heteroatoms. The molecule has 3 aromatic carbocycles. The molecule has 8 rings (SSSR count). The fraction of sp³-hybridized carbons (Fsp3) is 0.212. The lowest BCUT2D eigenvalue weighted by molar-refractivity contribution is -0.106. The Kier molecular flexibility index (Phi) is 5.11. The second-order valence-corrected chi connectivity index (χ2v) is 11.5. The minimum absolute atomic E-state index is 0.117. The highest BCUT2D eigenvalue weighted by atomic mass is 16.3. The minimum Gasteiger partial charge on any atom is -0.507 e. The molecule has 4 N–H and O–H groups in total. The molecular weight excluding hydrogens is 512 g/mol. The Hall–Kier alpha value is -4.66. The summed E-state index contributed by atoms with van der Waals surface area (Å²) in [5, 5.41) is 30.2. The molecular formula is C33H28N6O2. The van der Waals surface area contributed by atoms with E-state index in [4.69, 9.17) is 15.7 Å². The van der Waals surface area contributed by atoms with E-state index in [1.165, 1.54) is 0 Å². The molecule has 0 amide bonds. The van der Waals surface area contributed by atoms with Gasteiger partial charge < -0.3 is 15.9 Å². The zero-order chi connectivity index (χ0) is 27.8. The van der Waals surface area contributed by atoms with Crippen LogP contribution in [-0.2, 0) is 5.54 Å². The molecule has 2 aliphatic carbocycles. The van der Waals surface area contributed by atoms with Gasteiger partial charge in [0.1, 0.15) is 11.3 Å². The average molecular weight is 541 g/mol. The first-order chi connectivity index (χ1) is 19.9. The summed E-state index contributed by atoms with van der Waals surface area (Å²) in [4.78, 5) is 10.3. The Bertz CT molecular complexity index is 1940. The molecule has 41 heavy (non-hydrogen) atoms. The van der Waals surface area contributed by atoms with Crippen molar-refractivity contribution in [1.82, 2.24) is 24.6 Å². The van der Waals surface area contributed by atoms with Crippen molar-refractivity contribution in [3.8, 4) is 39.7 Å². The minimum atomic E-state index is -0.610. The summed E-state index contributed by atoms with van der Waals surface area (Å²) >= 11 is 0. The SMILES string of the molecule is N[C@]1(c2ccc(-c3nc4ccc5nnc(-c6ccccc6O)n5c4nc3-c3ccccc3)cc2)C[C@](O)(C2CC2)C1. The highest BCUT2D eigenvalue weighted by Crippen LogP contribution is 2.57. The first kappa shape index (κ1) is 24.2. The maximum Gasteiger partial charge on any atom is 0.173 e. The number of pyridine rings is 1. The van der Waals surface area contributed by atoms with E-state index >= 15 is 0 Å². The number of rotatable bonds is 5. The van der Waals surface area contributed by atoms with Gasteiger partial charge in [-0.1, -0.05) is 66.7 Å². The van der Waals surface area contributed by atoms with Gasteiger partial charge in [0.2, 0.25) is 0 Å². The number of hydrogen-bond donors (Lipinski definition) is 3. The lowest BCUT2D eigenvalue weighted by Gasteiger charge is -2.52. The summed E-state index contributed by atoms with van der Waals surface area (Å²) in [5.74, 6) is 1.02. The Morgan fingerprint density at radius 3 is 2.17 bits per heavy atom. The third kappa shape index (κ3) is 3.83. The van der Waals surface area contributed by atoms with Crippen LogP contribution in [0.2, 0.25) is 0 Å². The molecule has 6 aromatic rings. The van der Waals surface area contributed by atoms with Crippen LogP contribution in [0.4, 0.5) is 0 Å². The van der Waals surface area contributed by atoms with Crippen LogP contribution >= 0.6 is 0 Å². The number of fused-ring (bicyclic) bond motifs is 3. The fourth-order valence-electron chi connectivity index (χ4n) is 6.43. The van der Waals surface area contributed by atoms with E-state index in [-0.39, 0.29) is 5.75 Å². The second-order valence-electron chi connectivity index (χ2n) is 11.5. The van der Waals surface area contributed by atoms with Gasteiger partial charge >= 0.3 is 0 Å². The van der Waals surface area contributed by atoms with Crippen molar-refractivity contribution in [2.45, 2.75) is 36.8 Å². The Balaban J connectivity index is 1.27. The highest BCUT2D eigenvalue weighted by Gasteiger charge is 2.58. The number of aromatic nitrogens is 5. The number of nitrogens with zero attached hydrogens (tertiary/aromatic N) is 5. The zero-order valence-corrected chi connectivity index (χ0v) is 22.3.